The van der Waals surface area contributed by atoms with Crippen LogP contribution in [0.4, 0.5) is 0 Å². The number of benzene rings is 1. The number of imidazole rings is 1. The van der Waals surface area contributed by atoms with E-state index in [0.717, 1.165) is 35.7 Å². The summed E-state index contributed by atoms with van der Waals surface area (Å²) in [5.74, 6) is 0.904. The van der Waals surface area contributed by atoms with Crippen LogP contribution < -0.4 is 0 Å². The van der Waals surface area contributed by atoms with Crippen molar-refractivity contribution >= 4 is 17.0 Å². The Labute approximate surface area is 124 Å². The minimum absolute atomic E-state index is 0.356. The fourth-order valence-corrected chi connectivity index (χ4v) is 3.58. The van der Waals surface area contributed by atoms with Gasteiger partial charge in [0.05, 0.1) is 16.6 Å². The van der Waals surface area contributed by atoms with E-state index < -0.39 is 5.97 Å². The standard InChI is InChI=1S/C17H22N2O2/c1-12-18-15-10-4-9-14(17(20)21)16(15)19(12)11-5-8-13-6-2-3-7-13/h4,9-10,13H,2-3,5-8,11H2,1H3,(H,20,21). The van der Waals surface area contributed by atoms with Crippen molar-refractivity contribution in [3.8, 4) is 0 Å². The number of carbonyl (C=O) groups is 1. The number of nitrogens with zero attached hydrogens (tertiary/aromatic N) is 2. The normalized spacial score (nSPS) is 15.9. The van der Waals surface area contributed by atoms with E-state index in [4.69, 9.17) is 0 Å². The number of aryl methyl sites for hydroxylation is 2. The van der Waals surface area contributed by atoms with E-state index in [2.05, 4.69) is 9.55 Å². The summed E-state index contributed by atoms with van der Waals surface area (Å²) in [7, 11) is 0. The van der Waals surface area contributed by atoms with Gasteiger partial charge in [0, 0.05) is 6.54 Å². The molecule has 1 aliphatic rings. The van der Waals surface area contributed by atoms with Gasteiger partial charge in [-0.15, -0.1) is 0 Å². The molecule has 0 aliphatic heterocycles. The molecule has 4 nitrogen and oxygen atoms in total. The van der Waals surface area contributed by atoms with Gasteiger partial charge in [-0.1, -0.05) is 31.7 Å². The van der Waals surface area contributed by atoms with Gasteiger partial charge >= 0.3 is 5.97 Å². The van der Waals surface area contributed by atoms with Crippen LogP contribution in [0, 0.1) is 12.8 Å². The number of para-hydroxylation sites is 1. The zero-order chi connectivity index (χ0) is 14.8. The van der Waals surface area contributed by atoms with Crippen molar-refractivity contribution in [3.63, 3.8) is 0 Å². The Balaban J connectivity index is 1.83. The van der Waals surface area contributed by atoms with E-state index in [9.17, 15) is 9.90 Å². The Hall–Kier alpha value is -1.84. The molecule has 112 valence electrons. The van der Waals surface area contributed by atoms with Crippen molar-refractivity contribution in [3.05, 3.63) is 29.6 Å². The smallest absolute Gasteiger partial charge is 0.337 e. The maximum atomic E-state index is 11.4. The second kappa shape index (κ2) is 5.88. The van der Waals surface area contributed by atoms with Gasteiger partial charge in [0.15, 0.2) is 0 Å². The Morgan fingerprint density at radius 3 is 2.86 bits per heavy atom. The van der Waals surface area contributed by atoms with Crippen molar-refractivity contribution in [2.24, 2.45) is 5.92 Å². The lowest BCUT2D eigenvalue weighted by Crippen LogP contribution is -2.06. The van der Waals surface area contributed by atoms with E-state index in [0.29, 0.717) is 5.56 Å². The predicted molar refractivity (Wildman–Crippen MR) is 82.6 cm³/mol. The molecule has 0 saturated heterocycles. The highest BCUT2D eigenvalue weighted by molar-refractivity contribution is 6.01. The van der Waals surface area contributed by atoms with E-state index in [1.807, 2.05) is 13.0 Å². The third-order valence-corrected chi connectivity index (χ3v) is 4.66. The van der Waals surface area contributed by atoms with Gasteiger partial charge in [-0.2, -0.15) is 0 Å². The Morgan fingerprint density at radius 1 is 1.38 bits per heavy atom. The fraction of sp³-hybridized carbons (Fsp3) is 0.529. The molecule has 0 bridgehead atoms. The van der Waals surface area contributed by atoms with Crippen molar-refractivity contribution < 1.29 is 9.90 Å². The molecule has 0 unspecified atom stereocenters. The quantitative estimate of drug-likeness (QED) is 0.903. The van der Waals surface area contributed by atoms with Gasteiger partial charge in [-0.05, 0) is 37.8 Å². The number of aromatic carboxylic acids is 1. The van der Waals surface area contributed by atoms with E-state index in [1.165, 1.54) is 32.1 Å². The Morgan fingerprint density at radius 2 is 2.14 bits per heavy atom. The number of carboxylic acid groups (broad SMARTS) is 1. The summed E-state index contributed by atoms with van der Waals surface area (Å²) in [6, 6.07) is 5.32. The van der Waals surface area contributed by atoms with Crippen LogP contribution in [-0.4, -0.2) is 20.6 Å². The van der Waals surface area contributed by atoms with Crippen LogP contribution >= 0.6 is 0 Å². The number of hydrogen-bond donors (Lipinski definition) is 1. The molecule has 4 heteroatoms. The molecule has 1 aromatic carbocycles. The van der Waals surface area contributed by atoms with Crippen molar-refractivity contribution in [1.82, 2.24) is 9.55 Å². The summed E-state index contributed by atoms with van der Waals surface area (Å²) in [6.07, 6.45) is 7.83. The first-order chi connectivity index (χ1) is 10.2. The summed E-state index contributed by atoms with van der Waals surface area (Å²) in [5, 5.41) is 9.37. The van der Waals surface area contributed by atoms with Crippen LogP contribution in [-0.2, 0) is 6.54 Å². The molecule has 1 heterocycles. The molecule has 1 aromatic heterocycles. The van der Waals surface area contributed by atoms with Crippen LogP contribution in [0.2, 0.25) is 0 Å². The fourth-order valence-electron chi connectivity index (χ4n) is 3.58. The monoisotopic (exact) mass is 286 g/mol. The molecular formula is C17H22N2O2. The molecule has 1 saturated carbocycles. The van der Waals surface area contributed by atoms with Crippen molar-refractivity contribution in [2.75, 3.05) is 0 Å². The molecule has 2 aromatic rings. The molecular weight excluding hydrogens is 264 g/mol. The van der Waals surface area contributed by atoms with Gasteiger partial charge < -0.3 is 9.67 Å². The maximum absolute atomic E-state index is 11.4. The summed E-state index contributed by atoms with van der Waals surface area (Å²) < 4.78 is 2.08. The topological polar surface area (TPSA) is 55.1 Å². The first-order valence-electron chi connectivity index (χ1n) is 7.86. The van der Waals surface area contributed by atoms with Crippen LogP contribution in [0.25, 0.3) is 11.0 Å². The van der Waals surface area contributed by atoms with Gasteiger partial charge in [-0.3, -0.25) is 0 Å². The first kappa shape index (κ1) is 14.1. The highest BCUT2D eigenvalue weighted by atomic mass is 16.4. The third kappa shape index (κ3) is 2.80. The van der Waals surface area contributed by atoms with Gasteiger partial charge in [0.1, 0.15) is 5.82 Å². The Bertz CT molecular complexity index is 654. The molecule has 1 fully saturated rings. The SMILES string of the molecule is Cc1nc2cccc(C(=O)O)c2n1CCCC1CCCC1. The molecule has 0 spiro atoms. The van der Waals surface area contributed by atoms with E-state index >= 15 is 0 Å². The number of fused-ring (bicyclic) bond motifs is 1. The molecule has 3 rings (SSSR count). The van der Waals surface area contributed by atoms with Gasteiger partial charge in [-0.25, -0.2) is 9.78 Å². The number of carboxylic acids is 1. The van der Waals surface area contributed by atoms with Gasteiger partial charge in [0.25, 0.3) is 0 Å². The van der Waals surface area contributed by atoms with Crippen molar-refractivity contribution in [2.45, 2.75) is 52.0 Å². The number of aromatic nitrogens is 2. The van der Waals surface area contributed by atoms with E-state index in [-0.39, 0.29) is 0 Å². The van der Waals surface area contributed by atoms with Gasteiger partial charge in [0.2, 0.25) is 0 Å². The molecule has 1 N–H and O–H groups in total. The highest BCUT2D eigenvalue weighted by Gasteiger charge is 2.17. The summed E-state index contributed by atoms with van der Waals surface area (Å²) in [4.78, 5) is 15.9. The maximum Gasteiger partial charge on any atom is 0.337 e. The third-order valence-electron chi connectivity index (χ3n) is 4.66. The minimum Gasteiger partial charge on any atom is -0.478 e. The molecule has 0 amide bonds. The second-order valence-corrected chi connectivity index (χ2v) is 6.08. The first-order valence-corrected chi connectivity index (χ1v) is 7.86. The average Bonchev–Trinajstić information content (AvgIpc) is 3.06. The zero-order valence-corrected chi connectivity index (χ0v) is 12.5. The van der Waals surface area contributed by atoms with E-state index in [1.54, 1.807) is 12.1 Å². The van der Waals surface area contributed by atoms with Crippen LogP contribution in [0.5, 0.6) is 0 Å². The molecule has 21 heavy (non-hydrogen) atoms. The highest BCUT2D eigenvalue weighted by Crippen LogP contribution is 2.29. The lowest BCUT2D eigenvalue weighted by atomic mass is 10.0. The summed E-state index contributed by atoms with van der Waals surface area (Å²) >= 11 is 0. The zero-order valence-electron chi connectivity index (χ0n) is 12.5. The number of hydrogen-bond acceptors (Lipinski definition) is 2. The molecule has 1 aliphatic carbocycles. The van der Waals surface area contributed by atoms with Crippen LogP contribution in [0.15, 0.2) is 18.2 Å². The average molecular weight is 286 g/mol. The Kier molecular flexibility index (Phi) is 3.95. The largest absolute Gasteiger partial charge is 0.478 e. The van der Waals surface area contributed by atoms with Crippen LogP contribution in [0.3, 0.4) is 0 Å². The predicted octanol–water partition coefficient (Wildman–Crippen LogP) is 4.01. The van der Waals surface area contributed by atoms with Crippen LogP contribution in [0.1, 0.15) is 54.7 Å². The molecule has 0 radical (unpaired) electrons. The summed E-state index contributed by atoms with van der Waals surface area (Å²) in [6.45, 7) is 2.82. The molecule has 0 atom stereocenters. The second-order valence-electron chi connectivity index (χ2n) is 6.08. The van der Waals surface area contributed by atoms with Crippen molar-refractivity contribution in [1.29, 1.82) is 0 Å². The number of rotatable bonds is 5. The lowest BCUT2D eigenvalue weighted by molar-refractivity contribution is 0.0698. The lowest BCUT2D eigenvalue weighted by Gasteiger charge is -2.11. The minimum atomic E-state index is -0.877. The summed E-state index contributed by atoms with van der Waals surface area (Å²) in [5.41, 5.74) is 1.91.